The zero-order chi connectivity index (χ0) is 12.6. The largest absolute Gasteiger partial charge is 0.506 e. The summed E-state index contributed by atoms with van der Waals surface area (Å²) in [6.07, 6.45) is -0.432. The molecule has 5 heteroatoms. The smallest absolute Gasteiger partial charge is 0.407 e. The molecular formula is C12H14ClNO3. The van der Waals surface area contributed by atoms with Crippen molar-refractivity contribution < 1.29 is 14.6 Å². The number of carbonyl (C=O) groups excluding carboxylic acids is 1. The van der Waals surface area contributed by atoms with E-state index in [9.17, 15) is 9.90 Å². The highest BCUT2D eigenvalue weighted by atomic mass is 35.5. The van der Waals surface area contributed by atoms with E-state index in [1.165, 1.54) is 6.07 Å². The Morgan fingerprint density at radius 3 is 2.88 bits per heavy atom. The molecule has 1 atom stereocenters. The number of carbonyl (C=O) groups is 1. The third kappa shape index (κ3) is 2.31. The van der Waals surface area contributed by atoms with Crippen molar-refractivity contribution in [3.05, 3.63) is 28.8 Å². The number of amides is 1. The first-order chi connectivity index (χ1) is 7.90. The molecule has 1 heterocycles. The molecule has 1 fully saturated rings. The van der Waals surface area contributed by atoms with Gasteiger partial charge < -0.3 is 15.2 Å². The van der Waals surface area contributed by atoms with E-state index in [0.717, 1.165) is 5.56 Å². The Labute approximate surface area is 105 Å². The Kier molecular flexibility index (Phi) is 2.91. The van der Waals surface area contributed by atoms with Gasteiger partial charge in [-0.1, -0.05) is 31.5 Å². The number of rotatable bonds is 1. The van der Waals surface area contributed by atoms with Crippen LogP contribution in [0.5, 0.6) is 5.75 Å². The summed E-state index contributed by atoms with van der Waals surface area (Å²) in [6, 6.07) is 4.76. The van der Waals surface area contributed by atoms with E-state index < -0.39 is 6.09 Å². The van der Waals surface area contributed by atoms with Crippen LogP contribution in [-0.2, 0) is 4.74 Å². The first-order valence-electron chi connectivity index (χ1n) is 5.32. The highest BCUT2D eigenvalue weighted by molar-refractivity contribution is 6.32. The molecule has 1 amide bonds. The number of nitrogens with one attached hydrogen (secondary N) is 1. The lowest BCUT2D eigenvalue weighted by Crippen LogP contribution is -2.46. The van der Waals surface area contributed by atoms with E-state index in [-0.39, 0.29) is 22.2 Å². The van der Waals surface area contributed by atoms with Crippen LogP contribution < -0.4 is 5.32 Å². The van der Waals surface area contributed by atoms with Gasteiger partial charge >= 0.3 is 6.09 Å². The summed E-state index contributed by atoms with van der Waals surface area (Å²) in [4.78, 5) is 11.3. The Hall–Kier alpha value is -1.42. The Bertz CT molecular complexity index is 459. The van der Waals surface area contributed by atoms with Crippen LogP contribution in [0.3, 0.4) is 0 Å². The van der Waals surface area contributed by atoms with E-state index in [1.54, 1.807) is 12.1 Å². The van der Waals surface area contributed by atoms with E-state index in [4.69, 9.17) is 16.3 Å². The van der Waals surface area contributed by atoms with Crippen molar-refractivity contribution in [3.8, 4) is 5.75 Å². The number of aromatic hydroxyl groups is 1. The van der Waals surface area contributed by atoms with Crippen molar-refractivity contribution in [2.45, 2.75) is 19.9 Å². The maximum Gasteiger partial charge on any atom is 0.407 e. The summed E-state index contributed by atoms with van der Waals surface area (Å²) >= 11 is 5.87. The van der Waals surface area contributed by atoms with Crippen molar-refractivity contribution in [1.29, 1.82) is 0 Å². The van der Waals surface area contributed by atoms with E-state index in [0.29, 0.717) is 6.61 Å². The summed E-state index contributed by atoms with van der Waals surface area (Å²) in [6.45, 7) is 4.34. The average molecular weight is 256 g/mol. The summed E-state index contributed by atoms with van der Waals surface area (Å²) in [5, 5.41) is 12.4. The lowest BCUT2D eigenvalue weighted by molar-refractivity contribution is 0.0387. The van der Waals surface area contributed by atoms with Gasteiger partial charge in [0.15, 0.2) is 0 Å². The number of cyclic esters (lactones) is 1. The Morgan fingerprint density at radius 1 is 1.53 bits per heavy atom. The van der Waals surface area contributed by atoms with Crippen LogP contribution in [0.15, 0.2) is 18.2 Å². The monoisotopic (exact) mass is 255 g/mol. The van der Waals surface area contributed by atoms with Crippen molar-refractivity contribution in [2.75, 3.05) is 6.61 Å². The molecule has 1 aromatic rings. The first-order valence-corrected chi connectivity index (χ1v) is 5.70. The van der Waals surface area contributed by atoms with Gasteiger partial charge in [0, 0.05) is 5.41 Å². The van der Waals surface area contributed by atoms with Crippen LogP contribution in [0, 0.1) is 5.41 Å². The van der Waals surface area contributed by atoms with Gasteiger partial charge in [0.25, 0.3) is 0 Å². The maximum absolute atomic E-state index is 11.3. The van der Waals surface area contributed by atoms with Crippen molar-refractivity contribution in [1.82, 2.24) is 5.32 Å². The number of hydrogen-bond donors (Lipinski definition) is 2. The zero-order valence-electron chi connectivity index (χ0n) is 9.66. The molecule has 2 rings (SSSR count). The molecule has 92 valence electrons. The molecule has 17 heavy (non-hydrogen) atoms. The SMILES string of the molecule is CC1(C)COC(=O)N[C@H]1c1ccc(O)c(Cl)c1. The summed E-state index contributed by atoms with van der Waals surface area (Å²) in [7, 11) is 0. The highest BCUT2D eigenvalue weighted by Gasteiger charge is 2.37. The molecule has 1 aliphatic rings. The second-order valence-electron chi connectivity index (χ2n) is 4.85. The van der Waals surface area contributed by atoms with E-state index >= 15 is 0 Å². The van der Waals surface area contributed by atoms with Crippen LogP contribution in [0.1, 0.15) is 25.5 Å². The molecule has 0 aliphatic carbocycles. The van der Waals surface area contributed by atoms with Crippen molar-refractivity contribution >= 4 is 17.7 Å². The van der Waals surface area contributed by atoms with Gasteiger partial charge in [-0.15, -0.1) is 0 Å². The number of benzene rings is 1. The minimum Gasteiger partial charge on any atom is -0.506 e. The van der Waals surface area contributed by atoms with Crippen LogP contribution >= 0.6 is 11.6 Å². The number of hydrogen-bond acceptors (Lipinski definition) is 3. The molecule has 2 N–H and O–H groups in total. The maximum atomic E-state index is 11.3. The molecule has 0 bridgehead atoms. The van der Waals surface area contributed by atoms with Crippen molar-refractivity contribution in [2.24, 2.45) is 5.41 Å². The van der Waals surface area contributed by atoms with Gasteiger partial charge in [-0.2, -0.15) is 0 Å². The summed E-state index contributed by atoms with van der Waals surface area (Å²) in [5.41, 5.74) is 0.628. The van der Waals surface area contributed by atoms with Gasteiger partial charge in [0.05, 0.1) is 11.1 Å². The van der Waals surface area contributed by atoms with Gasteiger partial charge in [-0.05, 0) is 17.7 Å². The van der Waals surface area contributed by atoms with Gasteiger partial charge in [-0.3, -0.25) is 0 Å². The highest BCUT2D eigenvalue weighted by Crippen LogP contribution is 2.38. The minimum absolute atomic E-state index is 0.0339. The average Bonchev–Trinajstić information content (AvgIpc) is 2.26. The fourth-order valence-electron chi connectivity index (χ4n) is 1.93. The lowest BCUT2D eigenvalue weighted by Gasteiger charge is -2.38. The number of ether oxygens (including phenoxy) is 1. The quantitative estimate of drug-likeness (QED) is 0.811. The molecule has 1 saturated heterocycles. The van der Waals surface area contributed by atoms with Crippen LogP contribution in [0.25, 0.3) is 0 Å². The van der Waals surface area contributed by atoms with Crippen molar-refractivity contribution in [3.63, 3.8) is 0 Å². The first kappa shape index (κ1) is 12.0. The number of phenolic OH excluding ortho intramolecular Hbond substituents is 1. The number of phenols is 1. The van der Waals surface area contributed by atoms with E-state index in [1.807, 2.05) is 13.8 Å². The van der Waals surface area contributed by atoms with Crippen LogP contribution in [0.4, 0.5) is 4.79 Å². The molecule has 0 unspecified atom stereocenters. The summed E-state index contributed by atoms with van der Waals surface area (Å²) < 4.78 is 4.97. The standard InChI is InChI=1S/C12H14ClNO3/c1-12(2)6-17-11(16)14-10(12)7-3-4-9(15)8(13)5-7/h3-5,10,15H,6H2,1-2H3,(H,14,16)/t10-/m0/s1. The normalized spacial score (nSPS) is 22.8. The van der Waals surface area contributed by atoms with Crippen LogP contribution in [0.2, 0.25) is 5.02 Å². The molecule has 0 radical (unpaired) electrons. The molecule has 1 aliphatic heterocycles. The second kappa shape index (κ2) is 4.11. The zero-order valence-corrected chi connectivity index (χ0v) is 10.4. The third-order valence-electron chi connectivity index (χ3n) is 2.92. The fraction of sp³-hybridized carbons (Fsp3) is 0.417. The van der Waals surface area contributed by atoms with Gasteiger partial charge in [-0.25, -0.2) is 4.79 Å². The molecule has 0 spiro atoms. The Morgan fingerprint density at radius 2 is 2.24 bits per heavy atom. The van der Waals surface area contributed by atoms with Gasteiger partial charge in [0.1, 0.15) is 12.4 Å². The predicted molar refractivity (Wildman–Crippen MR) is 64.1 cm³/mol. The van der Waals surface area contributed by atoms with Crippen LogP contribution in [-0.4, -0.2) is 17.8 Å². The molecule has 4 nitrogen and oxygen atoms in total. The second-order valence-corrected chi connectivity index (χ2v) is 5.26. The molecule has 1 aromatic carbocycles. The minimum atomic E-state index is -0.432. The third-order valence-corrected chi connectivity index (χ3v) is 3.23. The molecule has 0 saturated carbocycles. The van der Waals surface area contributed by atoms with Gasteiger partial charge in [0.2, 0.25) is 0 Å². The predicted octanol–water partition coefficient (Wildman–Crippen LogP) is 2.85. The molecule has 0 aromatic heterocycles. The number of halogens is 1. The lowest BCUT2D eigenvalue weighted by atomic mass is 9.80. The molecular weight excluding hydrogens is 242 g/mol. The summed E-state index contributed by atoms with van der Waals surface area (Å²) in [5.74, 6) is 0.0339. The fourth-order valence-corrected chi connectivity index (χ4v) is 2.12. The topological polar surface area (TPSA) is 58.6 Å². The van der Waals surface area contributed by atoms with E-state index in [2.05, 4.69) is 5.32 Å². The Balaban J connectivity index is 2.36. The number of alkyl carbamates (subject to hydrolysis) is 1.